The highest BCUT2D eigenvalue weighted by Gasteiger charge is 2.23. The zero-order valence-electron chi connectivity index (χ0n) is 14.9. The van der Waals surface area contributed by atoms with Crippen LogP contribution in [0.5, 0.6) is 0 Å². The second kappa shape index (κ2) is 8.14. The molecule has 1 N–H and O–H groups in total. The minimum absolute atomic E-state index is 0.0245. The molecular weight excluding hydrogens is 334 g/mol. The van der Waals surface area contributed by atoms with Crippen LogP contribution in [0.3, 0.4) is 0 Å². The van der Waals surface area contributed by atoms with E-state index in [-0.39, 0.29) is 12.5 Å². The summed E-state index contributed by atoms with van der Waals surface area (Å²) in [5.41, 5.74) is 1.09. The monoisotopic (exact) mass is 357 g/mol. The molecule has 0 bridgehead atoms. The van der Waals surface area contributed by atoms with Crippen LogP contribution in [-0.4, -0.2) is 59.9 Å². The lowest BCUT2D eigenvalue weighted by atomic mass is 10.1. The van der Waals surface area contributed by atoms with Crippen LogP contribution in [0.4, 0.5) is 0 Å². The van der Waals surface area contributed by atoms with Crippen LogP contribution in [0.25, 0.3) is 10.9 Å². The number of hydrogen-bond acceptors (Lipinski definition) is 4. The van der Waals surface area contributed by atoms with Crippen LogP contribution in [-0.2, 0) is 20.9 Å². The molecule has 138 valence electrons. The quantitative estimate of drug-likeness (QED) is 0.622. The summed E-state index contributed by atoms with van der Waals surface area (Å²) in [4.78, 5) is 38.9. The Morgan fingerprint density at radius 2 is 1.88 bits per heavy atom. The second-order valence-electron chi connectivity index (χ2n) is 6.27. The van der Waals surface area contributed by atoms with E-state index < -0.39 is 11.7 Å². The molecule has 26 heavy (non-hydrogen) atoms. The summed E-state index contributed by atoms with van der Waals surface area (Å²) < 4.78 is 7.02. The number of fused-ring (bicyclic) bond motifs is 1. The van der Waals surface area contributed by atoms with Crippen LogP contribution >= 0.6 is 0 Å². The Labute approximate surface area is 151 Å². The number of nitrogens with zero attached hydrogens (tertiary/aromatic N) is 2. The molecule has 1 saturated heterocycles. The largest absolute Gasteiger partial charge is 0.378 e. The van der Waals surface area contributed by atoms with Gasteiger partial charge in [-0.15, -0.1) is 0 Å². The summed E-state index contributed by atoms with van der Waals surface area (Å²) >= 11 is 0. The van der Waals surface area contributed by atoms with Gasteiger partial charge in [0.2, 0.25) is 5.91 Å². The number of ketones is 1. The Morgan fingerprint density at radius 1 is 1.15 bits per heavy atom. The van der Waals surface area contributed by atoms with Crippen molar-refractivity contribution in [2.24, 2.45) is 0 Å². The Bertz CT molecular complexity index is 821. The van der Waals surface area contributed by atoms with Crippen molar-refractivity contribution < 1.29 is 19.1 Å². The van der Waals surface area contributed by atoms with Crippen molar-refractivity contribution in [2.45, 2.75) is 19.9 Å². The molecular formula is C19H23N3O4. The molecule has 0 spiro atoms. The minimum Gasteiger partial charge on any atom is -0.378 e. The molecule has 3 rings (SSSR count). The maximum atomic E-state index is 12.6. The van der Waals surface area contributed by atoms with E-state index in [1.807, 2.05) is 25.1 Å². The van der Waals surface area contributed by atoms with Gasteiger partial charge in [-0.25, -0.2) is 0 Å². The third-order valence-corrected chi connectivity index (χ3v) is 4.44. The normalized spacial score (nSPS) is 14.4. The van der Waals surface area contributed by atoms with Gasteiger partial charge < -0.3 is 19.5 Å². The number of rotatable bonds is 6. The lowest BCUT2D eigenvalue weighted by molar-refractivity contribution is -0.135. The summed E-state index contributed by atoms with van der Waals surface area (Å²) in [6.45, 7) is 4.74. The molecule has 1 aliphatic heterocycles. The molecule has 0 radical (unpaired) electrons. The van der Waals surface area contributed by atoms with Crippen LogP contribution < -0.4 is 5.32 Å². The van der Waals surface area contributed by atoms with Crippen molar-refractivity contribution in [1.29, 1.82) is 0 Å². The van der Waals surface area contributed by atoms with Crippen molar-refractivity contribution in [2.75, 3.05) is 32.8 Å². The Morgan fingerprint density at radius 3 is 2.62 bits per heavy atom. The number of benzene rings is 1. The first kappa shape index (κ1) is 18.1. The van der Waals surface area contributed by atoms with E-state index in [2.05, 4.69) is 5.32 Å². The van der Waals surface area contributed by atoms with E-state index in [1.165, 1.54) is 0 Å². The minimum atomic E-state index is -0.616. The second-order valence-corrected chi connectivity index (χ2v) is 6.27. The van der Waals surface area contributed by atoms with Crippen molar-refractivity contribution in [1.82, 2.24) is 14.8 Å². The van der Waals surface area contributed by atoms with Crippen LogP contribution in [0.2, 0.25) is 0 Å². The number of carbonyl (C=O) groups excluding carboxylic acids is 3. The molecule has 2 heterocycles. The highest BCUT2D eigenvalue weighted by atomic mass is 16.5. The zero-order valence-corrected chi connectivity index (χ0v) is 14.9. The van der Waals surface area contributed by atoms with Crippen molar-refractivity contribution in [3.8, 4) is 0 Å². The van der Waals surface area contributed by atoms with Gasteiger partial charge in [0.05, 0.1) is 18.8 Å². The van der Waals surface area contributed by atoms with Gasteiger partial charge in [0.25, 0.3) is 11.7 Å². The molecule has 1 aromatic carbocycles. The van der Waals surface area contributed by atoms with Gasteiger partial charge in [0.1, 0.15) is 6.54 Å². The number of carbonyl (C=O) groups is 3. The Hall–Kier alpha value is -2.67. The molecule has 0 unspecified atom stereocenters. The summed E-state index contributed by atoms with van der Waals surface area (Å²) in [6, 6.07) is 7.31. The van der Waals surface area contributed by atoms with E-state index in [9.17, 15) is 14.4 Å². The van der Waals surface area contributed by atoms with Gasteiger partial charge in [-0.05, 0) is 12.5 Å². The number of aromatic nitrogens is 1. The zero-order chi connectivity index (χ0) is 18.5. The van der Waals surface area contributed by atoms with Crippen LogP contribution in [0.15, 0.2) is 30.5 Å². The van der Waals surface area contributed by atoms with Crippen LogP contribution in [0, 0.1) is 0 Å². The highest BCUT2D eigenvalue weighted by Crippen LogP contribution is 2.22. The van der Waals surface area contributed by atoms with E-state index in [4.69, 9.17) is 4.74 Å². The van der Waals surface area contributed by atoms with Gasteiger partial charge in [-0.2, -0.15) is 0 Å². The number of amides is 2. The van der Waals surface area contributed by atoms with E-state index >= 15 is 0 Å². The fourth-order valence-corrected chi connectivity index (χ4v) is 3.06. The van der Waals surface area contributed by atoms with Gasteiger partial charge >= 0.3 is 0 Å². The Kier molecular flexibility index (Phi) is 5.68. The topological polar surface area (TPSA) is 80.6 Å². The van der Waals surface area contributed by atoms with E-state index in [1.54, 1.807) is 21.7 Å². The molecule has 1 fully saturated rings. The van der Waals surface area contributed by atoms with E-state index in [0.717, 1.165) is 11.9 Å². The molecule has 1 aromatic heterocycles. The predicted octanol–water partition coefficient (Wildman–Crippen LogP) is 1.21. The Balaban J connectivity index is 1.86. The summed E-state index contributed by atoms with van der Waals surface area (Å²) in [5, 5.41) is 3.29. The van der Waals surface area contributed by atoms with Crippen LogP contribution in [0.1, 0.15) is 23.7 Å². The predicted molar refractivity (Wildman–Crippen MR) is 97.0 cm³/mol. The number of para-hydroxylation sites is 1. The van der Waals surface area contributed by atoms with Gasteiger partial charge in [-0.3, -0.25) is 14.4 Å². The number of Topliss-reactive ketones (excluding diaryl/α,β-unsaturated/α-hetero) is 1. The molecule has 2 aromatic rings. The summed E-state index contributed by atoms with van der Waals surface area (Å²) in [7, 11) is 0. The van der Waals surface area contributed by atoms with Gasteiger partial charge in [0, 0.05) is 36.7 Å². The lowest BCUT2D eigenvalue weighted by Crippen LogP contribution is -2.42. The third-order valence-electron chi connectivity index (χ3n) is 4.44. The van der Waals surface area contributed by atoms with Gasteiger partial charge in [-0.1, -0.05) is 25.1 Å². The number of ether oxygens (including phenoxy) is 1. The van der Waals surface area contributed by atoms with Crippen molar-refractivity contribution in [3.05, 3.63) is 36.0 Å². The van der Waals surface area contributed by atoms with E-state index in [0.29, 0.717) is 43.8 Å². The molecule has 7 heteroatoms. The molecule has 2 amide bonds. The number of morpholine rings is 1. The fraction of sp³-hybridized carbons (Fsp3) is 0.421. The average Bonchev–Trinajstić information content (AvgIpc) is 3.04. The first-order valence-corrected chi connectivity index (χ1v) is 8.87. The first-order chi connectivity index (χ1) is 12.6. The van der Waals surface area contributed by atoms with Crippen molar-refractivity contribution in [3.63, 3.8) is 0 Å². The highest BCUT2D eigenvalue weighted by molar-refractivity contribution is 6.45. The smallest absolute Gasteiger partial charge is 0.292 e. The fourth-order valence-electron chi connectivity index (χ4n) is 3.06. The number of hydrogen-bond donors (Lipinski definition) is 1. The molecule has 0 aliphatic carbocycles. The molecule has 1 aliphatic rings. The van der Waals surface area contributed by atoms with Gasteiger partial charge in [0.15, 0.2) is 0 Å². The summed E-state index contributed by atoms with van der Waals surface area (Å²) in [6.07, 6.45) is 2.37. The SMILES string of the molecule is CCCNC(=O)C(=O)c1cn(CC(=O)N2CCOCC2)c2ccccc12. The number of nitrogens with one attached hydrogen (secondary N) is 1. The summed E-state index contributed by atoms with van der Waals surface area (Å²) in [5.74, 6) is -1.22. The third kappa shape index (κ3) is 3.77. The first-order valence-electron chi connectivity index (χ1n) is 8.87. The maximum Gasteiger partial charge on any atom is 0.292 e. The molecule has 0 atom stereocenters. The molecule has 0 saturated carbocycles. The average molecular weight is 357 g/mol. The maximum absolute atomic E-state index is 12.6. The molecule has 7 nitrogen and oxygen atoms in total. The lowest BCUT2D eigenvalue weighted by Gasteiger charge is -2.27. The standard InChI is InChI=1S/C19H23N3O4/c1-2-7-20-19(25)18(24)15-12-22(16-6-4-3-5-14(15)16)13-17(23)21-8-10-26-11-9-21/h3-6,12H,2,7-11,13H2,1H3,(H,20,25). The van der Waals surface area contributed by atoms with Crippen molar-refractivity contribution >= 4 is 28.5 Å².